The highest BCUT2D eigenvalue weighted by molar-refractivity contribution is 7.18. The fourth-order valence-corrected chi connectivity index (χ4v) is 4.13. The topological polar surface area (TPSA) is 84.0 Å². The van der Waals surface area contributed by atoms with Crippen LogP contribution >= 0.6 is 46.1 Å². The Morgan fingerprint density at radius 2 is 1.71 bits per heavy atom. The first-order valence-electron chi connectivity index (χ1n) is 9.44. The van der Waals surface area contributed by atoms with Gasteiger partial charge in [0.2, 0.25) is 11.0 Å². The molecule has 0 saturated carbocycles. The SMILES string of the molecule is CC[C@@H](C)[C@@H](NC(=O)c1ccc(Cl)cc1Cl)C(=O)Nc1nnc(-c2ccc(Cl)cc2)s1. The van der Waals surface area contributed by atoms with Gasteiger partial charge >= 0.3 is 0 Å². The molecule has 0 unspecified atom stereocenters. The fourth-order valence-electron chi connectivity index (χ4n) is 2.76. The Labute approximate surface area is 198 Å². The maximum atomic E-state index is 13.0. The third kappa shape index (κ3) is 5.95. The van der Waals surface area contributed by atoms with Crippen LogP contribution in [0.2, 0.25) is 15.1 Å². The van der Waals surface area contributed by atoms with E-state index in [1.165, 1.54) is 23.5 Å². The van der Waals surface area contributed by atoms with Gasteiger partial charge in [-0.1, -0.05) is 78.5 Å². The average molecular weight is 498 g/mol. The van der Waals surface area contributed by atoms with Gasteiger partial charge in [0.05, 0.1) is 10.6 Å². The number of rotatable bonds is 7. The average Bonchev–Trinajstić information content (AvgIpc) is 3.20. The normalized spacial score (nSPS) is 12.8. The van der Waals surface area contributed by atoms with E-state index in [2.05, 4.69) is 20.8 Å². The van der Waals surface area contributed by atoms with Gasteiger partial charge in [0.15, 0.2) is 0 Å². The molecular weight excluding hydrogens is 479 g/mol. The Balaban J connectivity index is 1.74. The summed E-state index contributed by atoms with van der Waals surface area (Å²) < 4.78 is 0. The van der Waals surface area contributed by atoms with Crippen molar-refractivity contribution in [3.05, 3.63) is 63.1 Å². The zero-order valence-corrected chi connectivity index (χ0v) is 19.7. The van der Waals surface area contributed by atoms with Gasteiger partial charge in [-0.2, -0.15) is 0 Å². The number of nitrogens with zero attached hydrogens (tertiary/aromatic N) is 2. The molecular formula is C21H19Cl3N4O2S. The summed E-state index contributed by atoms with van der Waals surface area (Å²) in [5, 5.41) is 15.9. The van der Waals surface area contributed by atoms with Crippen LogP contribution in [0.4, 0.5) is 5.13 Å². The van der Waals surface area contributed by atoms with Gasteiger partial charge in [-0.15, -0.1) is 10.2 Å². The molecule has 0 bridgehead atoms. The molecule has 6 nitrogen and oxygen atoms in total. The molecule has 0 aliphatic rings. The summed E-state index contributed by atoms with van der Waals surface area (Å²) in [5.74, 6) is -0.966. The van der Waals surface area contributed by atoms with Crippen molar-refractivity contribution in [3.8, 4) is 10.6 Å². The second-order valence-corrected chi connectivity index (χ2v) is 9.13. The Morgan fingerprint density at radius 3 is 2.35 bits per heavy atom. The molecule has 0 fully saturated rings. The molecule has 0 radical (unpaired) electrons. The maximum absolute atomic E-state index is 13.0. The van der Waals surface area contributed by atoms with Crippen LogP contribution in [0.15, 0.2) is 42.5 Å². The molecule has 0 saturated heterocycles. The Morgan fingerprint density at radius 1 is 1.03 bits per heavy atom. The summed E-state index contributed by atoms with van der Waals surface area (Å²) in [5.41, 5.74) is 1.08. The maximum Gasteiger partial charge on any atom is 0.253 e. The third-order valence-corrected chi connectivity index (χ3v) is 6.39. The van der Waals surface area contributed by atoms with Gasteiger partial charge in [-0.05, 0) is 36.2 Å². The number of carbonyl (C=O) groups is 2. The van der Waals surface area contributed by atoms with Gasteiger partial charge in [0.25, 0.3) is 5.91 Å². The predicted octanol–water partition coefficient (Wildman–Crippen LogP) is 5.95. The molecule has 2 aromatic carbocycles. The smallest absolute Gasteiger partial charge is 0.253 e. The van der Waals surface area contributed by atoms with Gasteiger partial charge in [0.1, 0.15) is 11.0 Å². The van der Waals surface area contributed by atoms with E-state index in [4.69, 9.17) is 34.8 Å². The summed E-state index contributed by atoms with van der Waals surface area (Å²) in [6.45, 7) is 3.82. The molecule has 3 aromatic rings. The second kappa shape index (κ2) is 10.4. The summed E-state index contributed by atoms with van der Waals surface area (Å²) in [6, 6.07) is 11.0. The monoisotopic (exact) mass is 496 g/mol. The van der Waals surface area contributed by atoms with Crippen molar-refractivity contribution in [1.82, 2.24) is 15.5 Å². The van der Waals surface area contributed by atoms with E-state index < -0.39 is 11.9 Å². The molecule has 31 heavy (non-hydrogen) atoms. The number of carbonyl (C=O) groups excluding carboxylic acids is 2. The molecule has 3 rings (SSSR count). The first-order valence-corrected chi connectivity index (χ1v) is 11.4. The third-order valence-electron chi connectivity index (χ3n) is 4.70. The standard InChI is InChI=1S/C21H19Cl3N4O2S/c1-3-11(2)17(25-18(29)15-9-8-14(23)10-16(15)24)19(30)26-21-28-27-20(31-21)12-4-6-13(22)7-5-12/h4-11,17H,3H2,1-2H3,(H,25,29)(H,26,28,30)/t11-,17-/m1/s1. The van der Waals surface area contributed by atoms with Crippen molar-refractivity contribution < 1.29 is 9.59 Å². The van der Waals surface area contributed by atoms with E-state index in [1.807, 2.05) is 26.0 Å². The lowest BCUT2D eigenvalue weighted by Crippen LogP contribution is -2.47. The van der Waals surface area contributed by atoms with Gasteiger partial charge in [0, 0.05) is 15.6 Å². The van der Waals surface area contributed by atoms with Crippen LogP contribution in [0.5, 0.6) is 0 Å². The lowest BCUT2D eigenvalue weighted by Gasteiger charge is -2.23. The largest absolute Gasteiger partial charge is 0.340 e. The molecule has 2 amide bonds. The Kier molecular flexibility index (Phi) is 7.89. The minimum absolute atomic E-state index is 0.126. The van der Waals surface area contributed by atoms with Gasteiger partial charge in [-0.25, -0.2) is 0 Å². The molecule has 1 aromatic heterocycles. The van der Waals surface area contributed by atoms with Gasteiger partial charge < -0.3 is 5.32 Å². The van der Waals surface area contributed by atoms with Crippen LogP contribution in [0.1, 0.15) is 30.6 Å². The van der Waals surface area contributed by atoms with Gasteiger partial charge in [-0.3, -0.25) is 14.9 Å². The van der Waals surface area contributed by atoms with E-state index in [9.17, 15) is 9.59 Å². The number of anilines is 1. The van der Waals surface area contributed by atoms with Crippen molar-refractivity contribution in [2.24, 2.45) is 5.92 Å². The van der Waals surface area contributed by atoms with E-state index in [1.54, 1.807) is 18.2 Å². The lowest BCUT2D eigenvalue weighted by atomic mass is 9.98. The summed E-state index contributed by atoms with van der Waals surface area (Å²) in [4.78, 5) is 25.7. The zero-order valence-electron chi connectivity index (χ0n) is 16.7. The molecule has 162 valence electrons. The molecule has 0 aliphatic carbocycles. The predicted molar refractivity (Wildman–Crippen MR) is 126 cm³/mol. The summed E-state index contributed by atoms with van der Waals surface area (Å²) in [6.07, 6.45) is 0.679. The van der Waals surface area contributed by atoms with Crippen LogP contribution in [-0.4, -0.2) is 28.1 Å². The quantitative estimate of drug-likeness (QED) is 0.422. The number of aromatic nitrogens is 2. The number of hydrogen-bond donors (Lipinski definition) is 2. The first-order chi connectivity index (χ1) is 14.8. The molecule has 0 aliphatic heterocycles. The van der Waals surface area contributed by atoms with E-state index >= 15 is 0 Å². The van der Waals surface area contributed by atoms with Crippen molar-refractivity contribution in [3.63, 3.8) is 0 Å². The van der Waals surface area contributed by atoms with Crippen molar-refractivity contribution in [2.45, 2.75) is 26.3 Å². The Hall–Kier alpha value is -2.19. The number of amides is 2. The summed E-state index contributed by atoms with van der Waals surface area (Å²) in [7, 11) is 0. The van der Waals surface area contributed by atoms with E-state index in [-0.39, 0.29) is 22.4 Å². The number of halogens is 3. The number of benzene rings is 2. The molecule has 2 N–H and O–H groups in total. The van der Waals surface area contributed by atoms with Crippen molar-refractivity contribution in [1.29, 1.82) is 0 Å². The number of hydrogen-bond acceptors (Lipinski definition) is 5. The summed E-state index contributed by atoms with van der Waals surface area (Å²) >= 11 is 19.2. The highest BCUT2D eigenvalue weighted by Gasteiger charge is 2.28. The second-order valence-electron chi connectivity index (χ2n) is 6.87. The van der Waals surface area contributed by atoms with Crippen molar-refractivity contribution in [2.75, 3.05) is 5.32 Å². The van der Waals surface area contributed by atoms with Crippen LogP contribution in [-0.2, 0) is 4.79 Å². The highest BCUT2D eigenvalue weighted by atomic mass is 35.5. The Bertz CT molecular complexity index is 1090. The molecule has 1 heterocycles. The van der Waals surface area contributed by atoms with E-state index in [0.717, 1.165) is 5.56 Å². The van der Waals surface area contributed by atoms with Crippen LogP contribution in [0.3, 0.4) is 0 Å². The molecule has 2 atom stereocenters. The first kappa shape index (κ1) is 23.5. The van der Waals surface area contributed by atoms with E-state index in [0.29, 0.717) is 26.6 Å². The van der Waals surface area contributed by atoms with Crippen LogP contribution < -0.4 is 10.6 Å². The zero-order chi connectivity index (χ0) is 22.5. The molecule has 0 spiro atoms. The van der Waals surface area contributed by atoms with Crippen LogP contribution in [0.25, 0.3) is 10.6 Å². The van der Waals surface area contributed by atoms with Crippen molar-refractivity contribution >= 4 is 63.1 Å². The van der Waals surface area contributed by atoms with Crippen LogP contribution in [0, 0.1) is 5.92 Å². The lowest BCUT2D eigenvalue weighted by molar-refractivity contribution is -0.119. The minimum atomic E-state index is -0.785. The highest BCUT2D eigenvalue weighted by Crippen LogP contribution is 2.28. The molecule has 10 heteroatoms. The fraction of sp³-hybridized carbons (Fsp3) is 0.238. The number of nitrogens with one attached hydrogen (secondary N) is 2. The minimum Gasteiger partial charge on any atom is -0.340 e.